The van der Waals surface area contributed by atoms with Gasteiger partial charge in [0.15, 0.2) is 0 Å². The van der Waals surface area contributed by atoms with Crippen molar-refractivity contribution in [2.24, 2.45) is 0 Å². The van der Waals surface area contributed by atoms with Crippen LogP contribution >= 0.6 is 0 Å². The number of piperidine rings is 1. The normalized spacial score (nSPS) is 16.5. The highest BCUT2D eigenvalue weighted by Crippen LogP contribution is 2.30. The van der Waals surface area contributed by atoms with Crippen molar-refractivity contribution in [2.75, 3.05) is 13.1 Å². The summed E-state index contributed by atoms with van der Waals surface area (Å²) in [6.45, 7) is -4.36. The molecule has 0 radical (unpaired) electrons. The fourth-order valence-electron chi connectivity index (χ4n) is 2.34. The Morgan fingerprint density at radius 1 is 1.05 bits per heavy atom. The van der Waals surface area contributed by atoms with Crippen molar-refractivity contribution in [3.05, 3.63) is 17.8 Å². The molecule has 1 aromatic heterocycles. The first-order valence-electron chi connectivity index (χ1n) is 6.66. The molecule has 0 bridgehead atoms. The summed E-state index contributed by atoms with van der Waals surface area (Å²) in [6, 6.07) is 1.23. The van der Waals surface area contributed by atoms with Crippen molar-refractivity contribution < 1.29 is 27.0 Å². The molecule has 0 aromatic carbocycles. The Morgan fingerprint density at radius 2 is 1.71 bits per heavy atom. The van der Waals surface area contributed by atoms with Gasteiger partial charge in [0.1, 0.15) is 5.75 Å². The number of halogens is 4. The Morgan fingerprint density at radius 3 is 2.33 bits per heavy atom. The summed E-state index contributed by atoms with van der Waals surface area (Å²) < 4.78 is 58.4. The maximum Gasteiger partial charge on any atom is 0.388 e. The molecule has 4 nitrogen and oxygen atoms in total. The van der Waals surface area contributed by atoms with Crippen LogP contribution < -0.4 is 9.47 Å². The molecule has 0 amide bonds. The maximum atomic E-state index is 12.4. The standard InChI is InChI=1S/C13H16F4N2O2/c14-12(15)20-10-4-5-18-11(21-13(16)17)9(10)8-19-6-2-1-3-7-19/h4-5,12-13H,1-3,6-8H2. The number of likely N-dealkylation sites (tertiary alicyclic amines) is 1. The monoisotopic (exact) mass is 308 g/mol. The van der Waals surface area contributed by atoms with Gasteiger partial charge in [0, 0.05) is 12.7 Å². The van der Waals surface area contributed by atoms with Crippen molar-refractivity contribution in [3.8, 4) is 11.6 Å². The van der Waals surface area contributed by atoms with E-state index in [9.17, 15) is 17.6 Å². The van der Waals surface area contributed by atoms with Gasteiger partial charge in [-0.2, -0.15) is 17.6 Å². The highest BCUT2D eigenvalue weighted by atomic mass is 19.3. The summed E-state index contributed by atoms with van der Waals surface area (Å²) in [7, 11) is 0. The lowest BCUT2D eigenvalue weighted by Crippen LogP contribution is -2.29. The van der Waals surface area contributed by atoms with Crippen molar-refractivity contribution >= 4 is 0 Å². The molecular weight excluding hydrogens is 292 g/mol. The molecule has 1 saturated heterocycles. The van der Waals surface area contributed by atoms with Gasteiger partial charge in [-0.05, 0) is 32.0 Å². The number of pyridine rings is 1. The molecule has 0 N–H and O–H groups in total. The third-order valence-corrected chi connectivity index (χ3v) is 3.22. The minimum atomic E-state index is -3.07. The predicted octanol–water partition coefficient (Wildman–Crippen LogP) is 3.27. The smallest absolute Gasteiger partial charge is 0.388 e. The van der Waals surface area contributed by atoms with Crippen molar-refractivity contribution in [1.82, 2.24) is 9.88 Å². The van der Waals surface area contributed by atoms with Gasteiger partial charge in [-0.1, -0.05) is 6.42 Å². The van der Waals surface area contributed by atoms with E-state index in [0.717, 1.165) is 38.5 Å². The summed E-state index contributed by atoms with van der Waals surface area (Å²) >= 11 is 0. The Hall–Kier alpha value is -1.57. The maximum absolute atomic E-state index is 12.4. The van der Waals surface area contributed by atoms with E-state index in [1.54, 1.807) is 0 Å². The van der Waals surface area contributed by atoms with Gasteiger partial charge < -0.3 is 9.47 Å². The van der Waals surface area contributed by atoms with Crippen LogP contribution in [0.1, 0.15) is 24.8 Å². The molecule has 21 heavy (non-hydrogen) atoms. The van der Waals surface area contributed by atoms with Crippen LogP contribution in [0.4, 0.5) is 17.6 Å². The number of hydrogen-bond donors (Lipinski definition) is 0. The van der Waals surface area contributed by atoms with Crippen molar-refractivity contribution in [1.29, 1.82) is 0 Å². The molecule has 0 atom stereocenters. The molecule has 0 unspecified atom stereocenters. The fraction of sp³-hybridized carbons (Fsp3) is 0.615. The third-order valence-electron chi connectivity index (χ3n) is 3.22. The molecule has 1 aromatic rings. The van der Waals surface area contributed by atoms with Crippen molar-refractivity contribution in [2.45, 2.75) is 39.0 Å². The molecule has 1 aliphatic heterocycles. The molecule has 2 rings (SSSR count). The van der Waals surface area contributed by atoms with Crippen LogP contribution in [0, 0.1) is 0 Å². The number of aromatic nitrogens is 1. The summed E-state index contributed by atoms with van der Waals surface area (Å²) in [4.78, 5) is 5.68. The average molecular weight is 308 g/mol. The van der Waals surface area contributed by atoms with Crippen LogP contribution in [0.2, 0.25) is 0 Å². The van der Waals surface area contributed by atoms with Gasteiger partial charge in [-0.3, -0.25) is 4.90 Å². The zero-order chi connectivity index (χ0) is 15.2. The number of ether oxygens (including phenoxy) is 2. The van der Waals surface area contributed by atoms with E-state index < -0.39 is 13.2 Å². The van der Waals surface area contributed by atoms with E-state index in [-0.39, 0.29) is 23.7 Å². The van der Waals surface area contributed by atoms with Crippen LogP contribution in [0.3, 0.4) is 0 Å². The highest BCUT2D eigenvalue weighted by Gasteiger charge is 2.21. The van der Waals surface area contributed by atoms with E-state index in [2.05, 4.69) is 14.5 Å². The zero-order valence-corrected chi connectivity index (χ0v) is 11.3. The van der Waals surface area contributed by atoms with Gasteiger partial charge in [-0.25, -0.2) is 4.98 Å². The minimum absolute atomic E-state index is 0.125. The molecule has 8 heteroatoms. The number of hydrogen-bond acceptors (Lipinski definition) is 4. The lowest BCUT2D eigenvalue weighted by molar-refractivity contribution is -0.0583. The van der Waals surface area contributed by atoms with E-state index in [1.807, 2.05) is 4.90 Å². The second-order valence-electron chi connectivity index (χ2n) is 4.69. The first-order chi connectivity index (χ1) is 10.1. The van der Waals surface area contributed by atoms with E-state index in [1.165, 1.54) is 6.07 Å². The predicted molar refractivity (Wildman–Crippen MR) is 66.6 cm³/mol. The Balaban J connectivity index is 2.23. The second kappa shape index (κ2) is 7.44. The number of nitrogens with zero attached hydrogens (tertiary/aromatic N) is 2. The number of alkyl halides is 4. The SMILES string of the molecule is FC(F)Oc1ccnc(OC(F)F)c1CN1CCCCC1. The molecule has 1 fully saturated rings. The Bertz CT molecular complexity index is 426. The molecule has 2 heterocycles. The molecule has 0 aliphatic carbocycles. The topological polar surface area (TPSA) is 34.6 Å². The summed E-state index contributed by atoms with van der Waals surface area (Å²) in [5.74, 6) is -0.546. The van der Waals surface area contributed by atoms with Gasteiger partial charge in [0.05, 0.1) is 5.56 Å². The summed E-state index contributed by atoms with van der Waals surface area (Å²) in [6.07, 6.45) is 4.17. The number of rotatable bonds is 6. The summed E-state index contributed by atoms with van der Waals surface area (Å²) in [5, 5.41) is 0. The lowest BCUT2D eigenvalue weighted by Gasteiger charge is -2.27. The zero-order valence-electron chi connectivity index (χ0n) is 11.3. The quantitative estimate of drug-likeness (QED) is 0.756. The van der Waals surface area contributed by atoms with E-state index in [4.69, 9.17) is 0 Å². The molecule has 0 saturated carbocycles. The lowest BCUT2D eigenvalue weighted by atomic mass is 10.1. The van der Waals surface area contributed by atoms with Gasteiger partial charge in [0.25, 0.3) is 0 Å². The van der Waals surface area contributed by atoms with E-state index >= 15 is 0 Å². The Kier molecular flexibility index (Phi) is 5.60. The first kappa shape index (κ1) is 15.8. The molecular formula is C13H16F4N2O2. The van der Waals surface area contributed by atoms with Gasteiger partial charge >= 0.3 is 13.2 Å². The minimum Gasteiger partial charge on any atom is -0.434 e. The van der Waals surface area contributed by atoms with E-state index in [0.29, 0.717) is 0 Å². The van der Waals surface area contributed by atoms with Crippen LogP contribution in [-0.2, 0) is 6.54 Å². The van der Waals surface area contributed by atoms with Crippen LogP contribution in [0.15, 0.2) is 12.3 Å². The highest BCUT2D eigenvalue weighted by molar-refractivity contribution is 5.39. The van der Waals surface area contributed by atoms with Crippen LogP contribution in [0.25, 0.3) is 0 Å². The van der Waals surface area contributed by atoms with Crippen LogP contribution in [0.5, 0.6) is 11.6 Å². The van der Waals surface area contributed by atoms with Gasteiger partial charge in [-0.15, -0.1) is 0 Å². The molecule has 0 spiro atoms. The second-order valence-corrected chi connectivity index (χ2v) is 4.69. The fourth-order valence-corrected chi connectivity index (χ4v) is 2.34. The molecule has 118 valence electrons. The largest absolute Gasteiger partial charge is 0.434 e. The average Bonchev–Trinajstić information content (AvgIpc) is 2.42. The summed E-state index contributed by atoms with van der Waals surface area (Å²) in [5.41, 5.74) is 0.125. The van der Waals surface area contributed by atoms with Crippen LogP contribution in [-0.4, -0.2) is 36.2 Å². The van der Waals surface area contributed by atoms with Gasteiger partial charge in [0.2, 0.25) is 5.88 Å². The Labute approximate surface area is 119 Å². The first-order valence-corrected chi connectivity index (χ1v) is 6.66. The molecule has 1 aliphatic rings. The third kappa shape index (κ3) is 4.73. The van der Waals surface area contributed by atoms with Crippen molar-refractivity contribution in [3.63, 3.8) is 0 Å².